The summed E-state index contributed by atoms with van der Waals surface area (Å²) in [6.45, 7) is 1.80. The number of nitrogen functional groups attached to an aromatic ring is 1. The normalized spacial score (nSPS) is 13.1. The molecule has 20 heavy (non-hydrogen) atoms. The lowest BCUT2D eigenvalue weighted by atomic mass is 10.1. The van der Waals surface area contributed by atoms with Crippen molar-refractivity contribution in [3.8, 4) is 0 Å². The molecule has 0 amide bonds. The van der Waals surface area contributed by atoms with E-state index in [9.17, 15) is 8.42 Å². The van der Waals surface area contributed by atoms with E-state index in [0.29, 0.717) is 10.2 Å². The molecule has 0 aliphatic carbocycles. The van der Waals surface area contributed by atoms with Crippen molar-refractivity contribution in [2.45, 2.75) is 17.9 Å². The number of nitrogens with two attached hydrogens (primary N) is 1. The summed E-state index contributed by atoms with van der Waals surface area (Å²) >= 11 is 3.23. The number of hydrogen-bond acceptors (Lipinski definition) is 3. The molecular weight excluding hydrogens is 340 g/mol. The minimum Gasteiger partial charge on any atom is -0.399 e. The standard InChI is InChI=1S/C14H15BrN2O2S/c1-10(11-5-3-2-4-6-11)17-20(18,19)14-8-7-12(16)9-13(14)15/h2-10,17H,16H2,1H3/t10-/m1/s1. The Bertz CT molecular complexity index is 702. The molecule has 0 radical (unpaired) electrons. The minimum atomic E-state index is -3.61. The van der Waals surface area contributed by atoms with Crippen LogP contribution in [-0.2, 0) is 10.0 Å². The molecular formula is C14H15BrN2O2S. The topological polar surface area (TPSA) is 72.2 Å². The van der Waals surface area contributed by atoms with E-state index in [4.69, 9.17) is 5.73 Å². The number of benzene rings is 2. The van der Waals surface area contributed by atoms with Crippen molar-refractivity contribution < 1.29 is 8.42 Å². The largest absolute Gasteiger partial charge is 0.399 e. The van der Waals surface area contributed by atoms with Crippen molar-refractivity contribution in [1.29, 1.82) is 0 Å². The molecule has 0 aliphatic rings. The van der Waals surface area contributed by atoms with Crippen molar-refractivity contribution in [3.63, 3.8) is 0 Å². The molecule has 4 nitrogen and oxygen atoms in total. The predicted molar refractivity (Wildman–Crippen MR) is 83.7 cm³/mol. The average Bonchev–Trinajstić information content (AvgIpc) is 2.38. The van der Waals surface area contributed by atoms with Gasteiger partial charge in [-0.15, -0.1) is 0 Å². The number of anilines is 1. The van der Waals surface area contributed by atoms with Crippen LogP contribution in [0.4, 0.5) is 5.69 Å². The Morgan fingerprint density at radius 1 is 1.15 bits per heavy atom. The molecule has 1 atom stereocenters. The summed E-state index contributed by atoms with van der Waals surface area (Å²) in [5, 5.41) is 0. The van der Waals surface area contributed by atoms with Crippen LogP contribution < -0.4 is 10.5 Å². The maximum absolute atomic E-state index is 12.4. The van der Waals surface area contributed by atoms with Crippen molar-refractivity contribution in [2.24, 2.45) is 0 Å². The number of hydrogen-bond donors (Lipinski definition) is 2. The van der Waals surface area contributed by atoms with E-state index in [-0.39, 0.29) is 10.9 Å². The summed E-state index contributed by atoms with van der Waals surface area (Å²) in [5.74, 6) is 0. The molecule has 6 heteroatoms. The molecule has 106 valence electrons. The van der Waals surface area contributed by atoms with Crippen LogP contribution in [0, 0.1) is 0 Å². The Morgan fingerprint density at radius 3 is 2.40 bits per heavy atom. The molecule has 0 saturated carbocycles. The van der Waals surface area contributed by atoms with Crippen LogP contribution >= 0.6 is 15.9 Å². The Balaban J connectivity index is 2.28. The summed E-state index contributed by atoms with van der Waals surface area (Å²) in [4.78, 5) is 0.175. The molecule has 2 aromatic rings. The van der Waals surface area contributed by atoms with Gasteiger partial charge in [0.1, 0.15) is 0 Å². The fourth-order valence-electron chi connectivity index (χ4n) is 1.84. The monoisotopic (exact) mass is 354 g/mol. The van der Waals surface area contributed by atoms with Crippen LogP contribution in [0.25, 0.3) is 0 Å². The molecule has 2 rings (SSSR count). The predicted octanol–water partition coefficient (Wildman–Crippen LogP) is 3.07. The quantitative estimate of drug-likeness (QED) is 0.828. The fourth-order valence-corrected chi connectivity index (χ4v) is 4.17. The van der Waals surface area contributed by atoms with Gasteiger partial charge in [-0.05, 0) is 46.6 Å². The molecule has 0 unspecified atom stereocenters. The summed E-state index contributed by atoms with van der Waals surface area (Å²) in [6, 6.07) is 13.7. The van der Waals surface area contributed by atoms with E-state index in [0.717, 1.165) is 5.56 Å². The molecule has 0 aliphatic heterocycles. The van der Waals surface area contributed by atoms with Crippen molar-refractivity contribution >= 4 is 31.6 Å². The molecule has 3 N–H and O–H groups in total. The molecule has 0 heterocycles. The van der Waals surface area contributed by atoms with Gasteiger partial charge in [-0.1, -0.05) is 30.3 Å². The van der Waals surface area contributed by atoms with Gasteiger partial charge in [0.2, 0.25) is 10.0 Å². The van der Waals surface area contributed by atoms with Crippen molar-refractivity contribution in [2.75, 3.05) is 5.73 Å². The Morgan fingerprint density at radius 2 is 1.80 bits per heavy atom. The number of nitrogens with one attached hydrogen (secondary N) is 1. The first-order valence-electron chi connectivity index (χ1n) is 6.02. The smallest absolute Gasteiger partial charge is 0.242 e. The van der Waals surface area contributed by atoms with Gasteiger partial charge in [0.05, 0.1) is 4.90 Å². The van der Waals surface area contributed by atoms with E-state index in [1.807, 2.05) is 30.3 Å². The lowest BCUT2D eigenvalue weighted by Gasteiger charge is -2.15. The molecule has 0 bridgehead atoms. The third kappa shape index (κ3) is 3.39. The summed E-state index contributed by atoms with van der Waals surface area (Å²) in [5.41, 5.74) is 7.03. The number of halogens is 1. The highest BCUT2D eigenvalue weighted by Crippen LogP contribution is 2.25. The highest BCUT2D eigenvalue weighted by Gasteiger charge is 2.20. The third-order valence-corrected chi connectivity index (χ3v) is 5.39. The van der Waals surface area contributed by atoms with Crippen molar-refractivity contribution in [3.05, 3.63) is 58.6 Å². The van der Waals surface area contributed by atoms with Gasteiger partial charge in [0, 0.05) is 16.2 Å². The van der Waals surface area contributed by atoms with E-state index in [2.05, 4.69) is 20.7 Å². The zero-order valence-corrected chi connectivity index (χ0v) is 13.3. The molecule has 0 fully saturated rings. The van der Waals surface area contributed by atoms with Gasteiger partial charge in [0.25, 0.3) is 0 Å². The average molecular weight is 355 g/mol. The summed E-state index contributed by atoms with van der Waals surface area (Å²) in [7, 11) is -3.61. The molecule has 0 spiro atoms. The van der Waals surface area contributed by atoms with Crippen LogP contribution in [0.5, 0.6) is 0 Å². The van der Waals surface area contributed by atoms with Gasteiger partial charge in [0.15, 0.2) is 0 Å². The van der Waals surface area contributed by atoms with Gasteiger partial charge in [-0.2, -0.15) is 0 Å². The second kappa shape index (κ2) is 5.95. The third-order valence-electron chi connectivity index (χ3n) is 2.88. The van der Waals surface area contributed by atoms with E-state index in [1.54, 1.807) is 19.1 Å². The lowest BCUT2D eigenvalue weighted by Crippen LogP contribution is -2.27. The zero-order valence-electron chi connectivity index (χ0n) is 10.9. The maximum Gasteiger partial charge on any atom is 0.242 e. The fraction of sp³-hybridized carbons (Fsp3) is 0.143. The highest BCUT2D eigenvalue weighted by atomic mass is 79.9. The van der Waals surface area contributed by atoms with Crippen LogP contribution in [0.1, 0.15) is 18.5 Å². The van der Waals surface area contributed by atoms with Gasteiger partial charge < -0.3 is 5.73 Å². The van der Waals surface area contributed by atoms with Crippen LogP contribution in [0.2, 0.25) is 0 Å². The number of rotatable bonds is 4. The minimum absolute atomic E-state index is 0.175. The molecule has 2 aromatic carbocycles. The van der Waals surface area contributed by atoms with E-state index >= 15 is 0 Å². The SMILES string of the molecule is C[C@@H](NS(=O)(=O)c1ccc(N)cc1Br)c1ccccc1. The Kier molecular flexibility index (Phi) is 4.47. The van der Waals surface area contributed by atoms with Crippen LogP contribution in [-0.4, -0.2) is 8.42 Å². The first-order chi connectivity index (χ1) is 9.40. The van der Waals surface area contributed by atoms with E-state index < -0.39 is 10.0 Å². The van der Waals surface area contributed by atoms with Crippen molar-refractivity contribution in [1.82, 2.24) is 4.72 Å². The first-order valence-corrected chi connectivity index (χ1v) is 8.30. The lowest BCUT2D eigenvalue weighted by molar-refractivity contribution is 0.566. The Hall–Kier alpha value is -1.37. The van der Waals surface area contributed by atoms with E-state index in [1.165, 1.54) is 6.07 Å². The summed E-state index contributed by atoms with van der Waals surface area (Å²) in [6.07, 6.45) is 0. The molecule has 0 aromatic heterocycles. The Labute approximate surface area is 127 Å². The summed E-state index contributed by atoms with van der Waals surface area (Å²) < 4.78 is 27.8. The second-order valence-corrected chi connectivity index (χ2v) is 6.98. The maximum atomic E-state index is 12.4. The first kappa shape index (κ1) is 15.0. The van der Waals surface area contributed by atoms with Gasteiger partial charge >= 0.3 is 0 Å². The van der Waals surface area contributed by atoms with Crippen LogP contribution in [0.15, 0.2) is 57.9 Å². The second-order valence-electron chi connectivity index (χ2n) is 4.44. The number of sulfonamides is 1. The van der Waals surface area contributed by atoms with Crippen LogP contribution in [0.3, 0.4) is 0 Å². The van der Waals surface area contributed by atoms with Gasteiger partial charge in [-0.25, -0.2) is 13.1 Å². The highest BCUT2D eigenvalue weighted by molar-refractivity contribution is 9.10. The zero-order chi connectivity index (χ0) is 14.8. The molecule has 0 saturated heterocycles. The van der Waals surface area contributed by atoms with Gasteiger partial charge in [-0.3, -0.25) is 0 Å².